The fourth-order valence-corrected chi connectivity index (χ4v) is 7.84. The second-order valence-electron chi connectivity index (χ2n) is 14.9. The molecule has 0 saturated carbocycles. The molecule has 0 aliphatic heterocycles. The molecule has 0 spiro atoms. The number of rotatable bonds is 19. The van der Waals surface area contributed by atoms with Crippen molar-refractivity contribution >= 4 is 17.9 Å². The highest BCUT2D eigenvalue weighted by Crippen LogP contribution is 2.44. The highest BCUT2D eigenvalue weighted by molar-refractivity contribution is 5.91. The van der Waals surface area contributed by atoms with Crippen molar-refractivity contribution in [2.45, 2.75) is 64.3 Å². The van der Waals surface area contributed by atoms with Crippen LogP contribution in [0.1, 0.15) is 74.3 Å². The minimum Gasteiger partial charge on any atom is -0.449 e. The van der Waals surface area contributed by atoms with Gasteiger partial charge in [0.15, 0.2) is 6.29 Å². The number of hydrogen-bond acceptors (Lipinski definition) is 6. The van der Waals surface area contributed by atoms with Crippen LogP contribution in [0.5, 0.6) is 0 Å². The van der Waals surface area contributed by atoms with Gasteiger partial charge in [-0.05, 0) is 65.1 Å². The van der Waals surface area contributed by atoms with Crippen molar-refractivity contribution in [2.75, 3.05) is 32.9 Å². The van der Waals surface area contributed by atoms with Crippen molar-refractivity contribution in [2.24, 2.45) is 5.92 Å². The Morgan fingerprint density at radius 3 is 1.60 bits per heavy atom. The molecule has 0 radical (unpaired) electrons. The molecule has 2 N–H and O–H groups in total. The maximum absolute atomic E-state index is 14.8. The minimum absolute atomic E-state index is 0.0555. The van der Waals surface area contributed by atoms with Gasteiger partial charge in [0, 0.05) is 25.7 Å². The van der Waals surface area contributed by atoms with Crippen LogP contribution in [0, 0.1) is 5.92 Å². The van der Waals surface area contributed by atoms with E-state index in [1.807, 2.05) is 129 Å². The molecule has 0 heterocycles. The minimum atomic E-state index is -1.27. The van der Waals surface area contributed by atoms with Crippen LogP contribution in [0.4, 0.5) is 4.79 Å². The van der Waals surface area contributed by atoms with Gasteiger partial charge in [0.2, 0.25) is 11.8 Å². The van der Waals surface area contributed by atoms with Crippen molar-refractivity contribution in [3.05, 3.63) is 167 Å². The van der Waals surface area contributed by atoms with Crippen molar-refractivity contribution in [3.63, 3.8) is 0 Å². The summed E-state index contributed by atoms with van der Waals surface area (Å²) < 4.78 is 17.7. The third kappa shape index (κ3) is 9.84. The molecule has 9 nitrogen and oxygen atoms in total. The molecule has 9 heteroatoms. The summed E-state index contributed by atoms with van der Waals surface area (Å²) in [5.41, 5.74) is 5.74. The molecule has 0 fully saturated rings. The van der Waals surface area contributed by atoms with Gasteiger partial charge < -0.3 is 29.7 Å². The smallest absolute Gasteiger partial charge is 0.407 e. The van der Waals surface area contributed by atoms with Crippen molar-refractivity contribution < 1.29 is 28.6 Å². The summed E-state index contributed by atoms with van der Waals surface area (Å²) in [5.74, 6) is -0.769. The number of hydrogen-bond donors (Lipinski definition) is 2. The zero-order valence-electron chi connectivity index (χ0n) is 33.9. The molecule has 6 rings (SSSR count). The average Bonchev–Trinajstić information content (AvgIpc) is 3.57. The number of nitrogens with one attached hydrogen (secondary N) is 2. The predicted molar refractivity (Wildman–Crippen MR) is 227 cm³/mol. The molecule has 5 aromatic rings. The van der Waals surface area contributed by atoms with Gasteiger partial charge in [-0.3, -0.25) is 9.59 Å². The topological polar surface area (TPSA) is 106 Å². The van der Waals surface area contributed by atoms with Gasteiger partial charge in [-0.1, -0.05) is 153 Å². The summed E-state index contributed by atoms with van der Waals surface area (Å²) in [7, 11) is 0. The zero-order valence-corrected chi connectivity index (χ0v) is 33.9. The normalized spacial score (nSPS) is 12.8. The number of ether oxygens (including phenoxy) is 3. The van der Waals surface area contributed by atoms with E-state index in [-0.39, 0.29) is 31.4 Å². The fraction of sp³-hybridized carbons (Fsp3) is 0.327. The Balaban J connectivity index is 1.32. The number of benzene rings is 5. The van der Waals surface area contributed by atoms with Gasteiger partial charge in [-0.2, -0.15) is 0 Å². The van der Waals surface area contributed by atoms with Crippen LogP contribution in [0.25, 0.3) is 11.1 Å². The maximum atomic E-state index is 14.8. The molecular formula is C49H55N3O6. The van der Waals surface area contributed by atoms with Crippen LogP contribution in [-0.2, 0) is 29.3 Å². The summed E-state index contributed by atoms with van der Waals surface area (Å²) >= 11 is 0. The lowest BCUT2D eigenvalue weighted by Crippen LogP contribution is -2.55. The molecule has 58 heavy (non-hydrogen) atoms. The van der Waals surface area contributed by atoms with Crippen LogP contribution < -0.4 is 10.6 Å². The standard InChI is InChI=1S/C49H55N3O6/c1-5-56-46(57-6-2)33-52(31-30-35(3)4)47(54)44(50-48(55)58-34-43-41-28-18-16-26-39(41)40-27-17-19-29-42(40)43)32-45(53)51-49(36-20-10-7-11-21-36,37-22-12-8-13-23-37)38-24-14-9-15-25-38/h7-29,35,43-44,46H,5-6,30-34H2,1-4H3,(H,50,55)(H,51,53)/t44-/m0/s1. The van der Waals surface area contributed by atoms with E-state index in [0.29, 0.717) is 26.2 Å². The fourth-order valence-electron chi connectivity index (χ4n) is 7.84. The summed E-state index contributed by atoms with van der Waals surface area (Å²) in [5, 5.41) is 6.19. The molecular weight excluding hydrogens is 727 g/mol. The molecule has 302 valence electrons. The van der Waals surface area contributed by atoms with E-state index in [1.165, 1.54) is 0 Å². The lowest BCUT2D eigenvalue weighted by molar-refractivity contribution is -0.160. The molecule has 0 unspecified atom stereocenters. The van der Waals surface area contributed by atoms with E-state index in [0.717, 1.165) is 38.9 Å². The molecule has 0 aromatic heterocycles. The predicted octanol–water partition coefficient (Wildman–Crippen LogP) is 8.67. The Hall–Kier alpha value is -5.77. The van der Waals surface area contributed by atoms with Crippen LogP contribution >= 0.6 is 0 Å². The summed E-state index contributed by atoms with van der Waals surface area (Å²) in [6.45, 7) is 9.25. The highest BCUT2D eigenvalue weighted by atomic mass is 16.7. The van der Waals surface area contributed by atoms with Gasteiger partial charge >= 0.3 is 6.09 Å². The Morgan fingerprint density at radius 1 is 0.672 bits per heavy atom. The van der Waals surface area contributed by atoms with Crippen molar-refractivity contribution in [3.8, 4) is 11.1 Å². The SMILES string of the molecule is CCOC(CN(CCC(C)C)C(=O)[C@H](CC(=O)NC(c1ccccc1)(c1ccccc1)c1ccccc1)NC(=O)OCC1c2ccccc2-c2ccccc21)OCC. The first-order chi connectivity index (χ1) is 28.2. The number of carbonyl (C=O) groups excluding carboxylic acids is 3. The Labute approximate surface area is 342 Å². The van der Waals surface area contributed by atoms with Gasteiger partial charge in [-0.25, -0.2) is 4.79 Å². The van der Waals surface area contributed by atoms with E-state index >= 15 is 0 Å². The first kappa shape index (κ1) is 41.9. The third-order valence-electron chi connectivity index (χ3n) is 10.6. The maximum Gasteiger partial charge on any atom is 0.407 e. The van der Waals surface area contributed by atoms with Gasteiger partial charge in [-0.15, -0.1) is 0 Å². The number of nitrogens with zero attached hydrogens (tertiary/aromatic N) is 1. The van der Waals surface area contributed by atoms with Crippen molar-refractivity contribution in [1.82, 2.24) is 15.5 Å². The lowest BCUT2D eigenvalue weighted by atomic mass is 9.77. The first-order valence-electron chi connectivity index (χ1n) is 20.4. The summed E-state index contributed by atoms with van der Waals surface area (Å²) in [6.07, 6.45) is -1.14. The second kappa shape index (κ2) is 20.1. The summed E-state index contributed by atoms with van der Waals surface area (Å²) in [6, 6.07) is 44.2. The van der Waals surface area contributed by atoms with Gasteiger partial charge in [0.25, 0.3) is 0 Å². The van der Waals surface area contributed by atoms with E-state index in [2.05, 4.69) is 48.7 Å². The number of alkyl carbamates (subject to hydrolysis) is 1. The monoisotopic (exact) mass is 781 g/mol. The van der Waals surface area contributed by atoms with E-state index in [1.54, 1.807) is 4.90 Å². The van der Waals surface area contributed by atoms with Crippen molar-refractivity contribution in [1.29, 1.82) is 0 Å². The Bertz CT molecular complexity index is 1940. The number of fused-ring (bicyclic) bond motifs is 3. The molecule has 5 aromatic carbocycles. The Morgan fingerprint density at radius 2 is 1.14 bits per heavy atom. The first-order valence-corrected chi connectivity index (χ1v) is 20.4. The van der Waals surface area contributed by atoms with Crippen LogP contribution in [-0.4, -0.2) is 68.0 Å². The molecule has 0 bridgehead atoms. The molecule has 0 saturated heterocycles. The van der Waals surface area contributed by atoms with E-state index < -0.39 is 35.8 Å². The van der Waals surface area contributed by atoms with Gasteiger partial charge in [0.05, 0.1) is 13.0 Å². The summed E-state index contributed by atoms with van der Waals surface area (Å²) in [4.78, 5) is 45.0. The van der Waals surface area contributed by atoms with E-state index in [4.69, 9.17) is 14.2 Å². The number of carbonyl (C=O) groups is 3. The quantitative estimate of drug-likeness (QED) is 0.0642. The van der Waals surface area contributed by atoms with Crippen LogP contribution in [0.2, 0.25) is 0 Å². The highest BCUT2D eigenvalue weighted by Gasteiger charge is 2.40. The second-order valence-corrected chi connectivity index (χ2v) is 14.9. The molecule has 1 aliphatic carbocycles. The van der Waals surface area contributed by atoms with Crippen LogP contribution in [0.3, 0.4) is 0 Å². The lowest BCUT2D eigenvalue weighted by Gasteiger charge is -2.37. The largest absolute Gasteiger partial charge is 0.449 e. The van der Waals surface area contributed by atoms with Crippen LogP contribution in [0.15, 0.2) is 140 Å². The molecule has 1 aliphatic rings. The van der Waals surface area contributed by atoms with Gasteiger partial charge in [0.1, 0.15) is 18.2 Å². The Kier molecular flexibility index (Phi) is 14.5. The average molecular weight is 782 g/mol. The molecule has 1 atom stereocenters. The van der Waals surface area contributed by atoms with E-state index in [9.17, 15) is 14.4 Å². The third-order valence-corrected chi connectivity index (χ3v) is 10.6. The zero-order chi connectivity index (χ0) is 40.9. The number of amides is 3. The molecule has 3 amide bonds.